The second-order valence-electron chi connectivity index (χ2n) is 4.58. The van der Waals surface area contributed by atoms with Crippen LogP contribution in [0.1, 0.15) is 12.7 Å². The van der Waals surface area contributed by atoms with E-state index in [0.717, 1.165) is 5.82 Å². The minimum absolute atomic E-state index is 0.160. The Bertz CT molecular complexity index is 673. The van der Waals surface area contributed by atoms with Gasteiger partial charge in [-0.25, -0.2) is 0 Å². The number of halogens is 1. The van der Waals surface area contributed by atoms with Gasteiger partial charge in [0, 0.05) is 12.7 Å². The number of anilines is 2. The predicted octanol–water partition coefficient (Wildman–Crippen LogP) is 2.48. The average molecular weight is 326 g/mol. The molecule has 1 atom stereocenters. The van der Waals surface area contributed by atoms with Gasteiger partial charge in [0.05, 0.1) is 16.0 Å². The third-order valence-electron chi connectivity index (χ3n) is 2.96. The lowest BCUT2D eigenvalue weighted by atomic mass is 10.2. The van der Waals surface area contributed by atoms with E-state index in [1.165, 1.54) is 11.8 Å². The molecule has 8 heteroatoms. The predicted molar refractivity (Wildman–Crippen MR) is 85.6 cm³/mol. The van der Waals surface area contributed by atoms with Crippen LogP contribution in [-0.2, 0) is 11.8 Å². The second-order valence-corrected chi connectivity index (χ2v) is 6.29. The van der Waals surface area contributed by atoms with Crippen molar-refractivity contribution < 1.29 is 4.79 Å². The maximum atomic E-state index is 12.2. The van der Waals surface area contributed by atoms with E-state index in [-0.39, 0.29) is 11.2 Å². The molecule has 1 unspecified atom stereocenters. The van der Waals surface area contributed by atoms with Gasteiger partial charge in [-0.3, -0.25) is 4.79 Å². The summed E-state index contributed by atoms with van der Waals surface area (Å²) in [4.78, 5) is 12.2. The van der Waals surface area contributed by atoms with E-state index in [1.807, 2.05) is 18.5 Å². The Hall–Kier alpha value is -1.73. The SMILES string of the molecule is Cc1nnc(SC(C)C(=O)Nc2ccc(N)cc2Cl)n1C. The van der Waals surface area contributed by atoms with Crippen LogP contribution >= 0.6 is 23.4 Å². The van der Waals surface area contributed by atoms with Crippen LogP contribution < -0.4 is 11.1 Å². The van der Waals surface area contributed by atoms with Gasteiger partial charge < -0.3 is 15.6 Å². The average Bonchev–Trinajstić information content (AvgIpc) is 2.73. The maximum absolute atomic E-state index is 12.2. The topological polar surface area (TPSA) is 85.8 Å². The molecule has 0 saturated heterocycles. The van der Waals surface area contributed by atoms with Crippen LogP contribution in [0, 0.1) is 6.92 Å². The fourth-order valence-electron chi connectivity index (χ4n) is 1.57. The summed E-state index contributed by atoms with van der Waals surface area (Å²) in [5.74, 6) is 0.638. The highest BCUT2D eigenvalue weighted by atomic mass is 35.5. The summed E-state index contributed by atoms with van der Waals surface area (Å²) in [6.45, 7) is 3.66. The molecule has 0 aliphatic carbocycles. The van der Waals surface area contributed by atoms with Crippen molar-refractivity contribution in [1.82, 2.24) is 14.8 Å². The Morgan fingerprint density at radius 2 is 2.19 bits per heavy atom. The smallest absolute Gasteiger partial charge is 0.237 e. The first kappa shape index (κ1) is 15.7. The zero-order valence-electron chi connectivity index (χ0n) is 11.9. The third kappa shape index (κ3) is 3.68. The lowest BCUT2D eigenvalue weighted by Gasteiger charge is -2.12. The largest absolute Gasteiger partial charge is 0.399 e. The van der Waals surface area contributed by atoms with E-state index in [0.29, 0.717) is 21.6 Å². The fraction of sp³-hybridized carbons (Fsp3) is 0.308. The molecule has 112 valence electrons. The van der Waals surface area contributed by atoms with Gasteiger partial charge in [-0.15, -0.1) is 10.2 Å². The number of amides is 1. The molecule has 1 amide bonds. The Labute approximate surface area is 132 Å². The highest BCUT2D eigenvalue weighted by molar-refractivity contribution is 8.00. The Morgan fingerprint density at radius 1 is 1.48 bits per heavy atom. The number of carbonyl (C=O) groups excluding carboxylic acids is 1. The van der Waals surface area contributed by atoms with Crippen molar-refractivity contribution in [3.05, 3.63) is 29.0 Å². The lowest BCUT2D eigenvalue weighted by Crippen LogP contribution is -2.23. The van der Waals surface area contributed by atoms with Gasteiger partial charge in [-0.2, -0.15) is 0 Å². The number of nitrogens with one attached hydrogen (secondary N) is 1. The summed E-state index contributed by atoms with van der Waals surface area (Å²) >= 11 is 7.38. The molecule has 0 aliphatic heterocycles. The van der Waals surface area contributed by atoms with Gasteiger partial charge >= 0.3 is 0 Å². The van der Waals surface area contributed by atoms with Crippen LogP contribution in [-0.4, -0.2) is 25.9 Å². The van der Waals surface area contributed by atoms with Crippen molar-refractivity contribution >= 4 is 40.6 Å². The molecule has 0 fully saturated rings. The number of hydrogen-bond donors (Lipinski definition) is 2. The number of hydrogen-bond acceptors (Lipinski definition) is 5. The number of carbonyl (C=O) groups is 1. The van der Waals surface area contributed by atoms with Crippen LogP contribution in [0.5, 0.6) is 0 Å². The van der Waals surface area contributed by atoms with Crippen LogP contribution in [0.25, 0.3) is 0 Å². The summed E-state index contributed by atoms with van der Waals surface area (Å²) < 4.78 is 1.84. The number of benzene rings is 1. The number of aromatic nitrogens is 3. The zero-order valence-corrected chi connectivity index (χ0v) is 13.5. The molecule has 1 aromatic carbocycles. The van der Waals surface area contributed by atoms with Crippen LogP contribution in [0.3, 0.4) is 0 Å². The fourth-order valence-corrected chi connectivity index (χ4v) is 2.67. The van der Waals surface area contributed by atoms with Crippen molar-refractivity contribution in [3.63, 3.8) is 0 Å². The number of aryl methyl sites for hydroxylation is 1. The van der Waals surface area contributed by atoms with E-state index >= 15 is 0 Å². The van der Waals surface area contributed by atoms with Crippen LogP contribution in [0.4, 0.5) is 11.4 Å². The molecule has 2 rings (SSSR count). The van der Waals surface area contributed by atoms with E-state index in [9.17, 15) is 4.79 Å². The summed E-state index contributed by atoms with van der Waals surface area (Å²) in [7, 11) is 1.86. The monoisotopic (exact) mass is 325 g/mol. The summed E-state index contributed by atoms with van der Waals surface area (Å²) in [5, 5.41) is 11.5. The van der Waals surface area contributed by atoms with Crippen molar-refractivity contribution in [1.29, 1.82) is 0 Å². The van der Waals surface area contributed by atoms with Crippen LogP contribution in [0.2, 0.25) is 5.02 Å². The second kappa shape index (κ2) is 6.36. The maximum Gasteiger partial charge on any atom is 0.237 e. The van der Waals surface area contributed by atoms with Gasteiger partial charge in [-0.1, -0.05) is 23.4 Å². The molecular formula is C13H16ClN5OS. The van der Waals surface area contributed by atoms with E-state index < -0.39 is 0 Å². The molecule has 0 spiro atoms. The quantitative estimate of drug-likeness (QED) is 0.666. The van der Waals surface area contributed by atoms with Gasteiger partial charge in [0.25, 0.3) is 0 Å². The molecule has 21 heavy (non-hydrogen) atoms. The lowest BCUT2D eigenvalue weighted by molar-refractivity contribution is -0.115. The molecular weight excluding hydrogens is 310 g/mol. The van der Waals surface area contributed by atoms with Crippen molar-refractivity contribution in [3.8, 4) is 0 Å². The molecule has 1 aromatic heterocycles. The summed E-state index contributed by atoms with van der Waals surface area (Å²) in [6.07, 6.45) is 0. The first-order valence-corrected chi connectivity index (χ1v) is 7.52. The van der Waals surface area contributed by atoms with Crippen molar-refractivity contribution in [2.24, 2.45) is 7.05 Å². The van der Waals surface area contributed by atoms with Gasteiger partial charge in [0.1, 0.15) is 5.82 Å². The highest BCUT2D eigenvalue weighted by Gasteiger charge is 2.18. The van der Waals surface area contributed by atoms with Gasteiger partial charge in [0.2, 0.25) is 5.91 Å². The number of nitrogens with zero attached hydrogens (tertiary/aromatic N) is 3. The first-order chi connectivity index (χ1) is 9.88. The van der Waals surface area contributed by atoms with E-state index in [4.69, 9.17) is 17.3 Å². The first-order valence-electron chi connectivity index (χ1n) is 6.27. The molecule has 6 nitrogen and oxygen atoms in total. The Kier molecular flexibility index (Phi) is 4.74. The summed E-state index contributed by atoms with van der Waals surface area (Å²) in [6, 6.07) is 4.96. The molecule has 0 bridgehead atoms. The van der Waals surface area contributed by atoms with E-state index in [2.05, 4.69) is 15.5 Å². The number of rotatable bonds is 4. The number of thioether (sulfide) groups is 1. The number of nitrogen functional groups attached to an aromatic ring is 1. The van der Waals surface area contributed by atoms with Crippen LogP contribution in [0.15, 0.2) is 23.4 Å². The Morgan fingerprint density at radius 3 is 2.76 bits per heavy atom. The normalized spacial score (nSPS) is 12.2. The Balaban J connectivity index is 2.04. The number of nitrogens with two attached hydrogens (primary N) is 1. The molecule has 3 N–H and O–H groups in total. The van der Waals surface area contributed by atoms with Gasteiger partial charge in [0.15, 0.2) is 5.16 Å². The standard InChI is InChI=1S/C13H16ClN5OS/c1-7(21-13-18-17-8(2)19(13)3)12(20)16-11-5-4-9(15)6-10(11)14/h4-7H,15H2,1-3H3,(H,16,20). The minimum atomic E-state index is -0.332. The van der Waals surface area contributed by atoms with Gasteiger partial charge in [-0.05, 0) is 32.0 Å². The van der Waals surface area contributed by atoms with E-state index in [1.54, 1.807) is 25.1 Å². The molecule has 0 aliphatic rings. The molecule has 0 saturated carbocycles. The highest BCUT2D eigenvalue weighted by Crippen LogP contribution is 2.26. The third-order valence-corrected chi connectivity index (χ3v) is 4.40. The molecule has 0 radical (unpaired) electrons. The molecule has 2 aromatic rings. The summed E-state index contributed by atoms with van der Waals surface area (Å²) in [5.41, 5.74) is 6.71. The van der Waals surface area contributed by atoms with Crippen molar-refractivity contribution in [2.45, 2.75) is 24.3 Å². The van der Waals surface area contributed by atoms with Crippen molar-refractivity contribution in [2.75, 3.05) is 11.1 Å². The minimum Gasteiger partial charge on any atom is -0.399 e. The zero-order chi connectivity index (χ0) is 15.6. The molecule has 1 heterocycles.